The van der Waals surface area contributed by atoms with Crippen LogP contribution in [0.25, 0.3) is 0 Å². The molecule has 0 saturated heterocycles. The molecule has 1 aliphatic heterocycles. The van der Waals surface area contributed by atoms with Crippen molar-refractivity contribution in [2.45, 2.75) is 0 Å². The van der Waals surface area contributed by atoms with Gasteiger partial charge >= 0.3 is 0 Å². The van der Waals surface area contributed by atoms with Crippen LogP contribution < -0.4 is 5.32 Å². The first-order valence-electron chi connectivity index (χ1n) is 2.38. The Kier molecular flexibility index (Phi) is 1.88. The Morgan fingerprint density at radius 1 is 1.56 bits per heavy atom. The Bertz CT molecular complexity index is 223. The molecule has 0 spiro atoms. The van der Waals surface area contributed by atoms with Crippen molar-refractivity contribution in [3.05, 3.63) is 28.5 Å². The molecule has 0 aromatic heterocycles. The van der Waals surface area contributed by atoms with Crippen molar-refractivity contribution in [2.75, 3.05) is 0 Å². The van der Waals surface area contributed by atoms with Crippen LogP contribution >= 0.6 is 15.9 Å². The monoisotopic (exact) mass is 185 g/mol. The van der Waals surface area contributed by atoms with Crippen LogP contribution in [0, 0.1) is 0 Å². The zero-order valence-corrected chi connectivity index (χ0v) is 6.10. The van der Waals surface area contributed by atoms with Crippen LogP contribution in [0.2, 0.25) is 0 Å². The van der Waals surface area contributed by atoms with E-state index in [4.69, 9.17) is 0 Å². The average Bonchev–Trinajstić information content (AvgIpc) is 1.90. The number of rotatable bonds is 0. The lowest BCUT2D eigenvalue weighted by molar-refractivity contribution is 0.566. The number of nitrogens with one attached hydrogen (secondary N) is 1. The number of hydrogen-bond donors (Lipinski definition) is 1. The van der Waals surface area contributed by atoms with Crippen molar-refractivity contribution in [1.29, 1.82) is 0 Å². The van der Waals surface area contributed by atoms with Crippen molar-refractivity contribution >= 4 is 21.9 Å². The Morgan fingerprint density at radius 2 is 2.33 bits per heavy atom. The van der Waals surface area contributed by atoms with E-state index in [2.05, 4.69) is 21.2 Å². The smallest absolute Gasteiger partial charge is 0.150 e. The lowest BCUT2D eigenvalue weighted by atomic mass is 10.3. The van der Waals surface area contributed by atoms with E-state index in [1.807, 2.05) is 0 Å². The van der Waals surface area contributed by atoms with Crippen molar-refractivity contribution < 1.29 is 4.79 Å². The predicted molar refractivity (Wildman–Crippen MR) is 38.5 cm³/mol. The molecule has 9 heavy (non-hydrogen) atoms. The van der Waals surface area contributed by atoms with Gasteiger partial charge in [-0.1, -0.05) is 0 Å². The maximum atomic E-state index is 9.95. The topological polar surface area (TPSA) is 29.1 Å². The van der Waals surface area contributed by atoms with Crippen molar-refractivity contribution in [2.24, 2.45) is 0 Å². The summed E-state index contributed by atoms with van der Waals surface area (Å²) in [5.74, 6) is 1.73. The summed E-state index contributed by atoms with van der Waals surface area (Å²) in [4.78, 5) is 9.95. The van der Waals surface area contributed by atoms with Crippen LogP contribution in [0.15, 0.2) is 28.5 Å². The summed E-state index contributed by atoms with van der Waals surface area (Å²) in [5.41, 5.74) is 0.457. The van der Waals surface area contributed by atoms with Crippen LogP contribution in [0.3, 0.4) is 0 Å². The molecule has 1 aliphatic rings. The molecule has 0 radical (unpaired) electrons. The maximum Gasteiger partial charge on any atom is 0.150 e. The van der Waals surface area contributed by atoms with Gasteiger partial charge < -0.3 is 5.32 Å². The van der Waals surface area contributed by atoms with Gasteiger partial charge in [0.15, 0.2) is 5.94 Å². The third-order valence-electron chi connectivity index (χ3n) is 0.885. The first-order valence-corrected chi connectivity index (χ1v) is 3.17. The Morgan fingerprint density at radius 3 is 2.78 bits per heavy atom. The van der Waals surface area contributed by atoms with E-state index in [0.29, 0.717) is 5.70 Å². The lowest BCUT2D eigenvalue weighted by Gasteiger charge is -2.01. The first kappa shape index (κ1) is 6.33. The number of carbonyl (C=O) groups excluding carboxylic acids is 1. The molecule has 0 saturated carbocycles. The molecule has 1 N–H and O–H groups in total. The summed E-state index contributed by atoms with van der Waals surface area (Å²) in [6.45, 7) is 0. The highest BCUT2D eigenvalue weighted by Crippen LogP contribution is 2.09. The van der Waals surface area contributed by atoms with Gasteiger partial charge in [0.05, 0.1) is 0 Å². The van der Waals surface area contributed by atoms with Crippen molar-refractivity contribution in [1.82, 2.24) is 5.32 Å². The molecule has 0 bridgehead atoms. The van der Waals surface area contributed by atoms with Crippen molar-refractivity contribution in [3.63, 3.8) is 0 Å². The molecule has 0 unspecified atom stereocenters. The zero-order valence-electron chi connectivity index (χ0n) is 4.52. The van der Waals surface area contributed by atoms with Gasteiger partial charge in [0.1, 0.15) is 5.70 Å². The third-order valence-corrected chi connectivity index (χ3v) is 1.38. The second-order valence-electron chi connectivity index (χ2n) is 1.52. The molecule has 0 atom stereocenters. The maximum absolute atomic E-state index is 9.95. The van der Waals surface area contributed by atoms with E-state index in [-0.39, 0.29) is 0 Å². The summed E-state index contributed by atoms with van der Waals surface area (Å²) < 4.78 is 0.918. The Labute approximate surface area is 61.1 Å². The van der Waals surface area contributed by atoms with E-state index < -0.39 is 0 Å². The molecule has 2 nitrogen and oxygen atoms in total. The second-order valence-corrected chi connectivity index (χ2v) is 2.44. The van der Waals surface area contributed by atoms with E-state index in [9.17, 15) is 4.79 Å². The standard InChI is InChI=1S/C6H4BrNO/c7-5-1-2-6(4-9)8-3-5/h1-3,8H. The molecule has 1 rings (SSSR count). The molecule has 0 aliphatic carbocycles. The minimum Gasteiger partial charge on any atom is -0.352 e. The van der Waals surface area contributed by atoms with E-state index in [1.54, 1.807) is 24.3 Å². The average molecular weight is 186 g/mol. The number of allylic oxidation sites excluding steroid dienone is 3. The van der Waals surface area contributed by atoms with Crippen LogP contribution in [-0.2, 0) is 4.79 Å². The Hall–Kier alpha value is -0.790. The summed E-state index contributed by atoms with van der Waals surface area (Å²) in [6.07, 6.45) is 5.11. The number of hydrogen-bond acceptors (Lipinski definition) is 2. The fraction of sp³-hybridized carbons (Fsp3) is 0. The minimum atomic E-state index is 0.457. The molecule has 0 fully saturated rings. The molecule has 0 amide bonds. The highest BCUT2D eigenvalue weighted by molar-refractivity contribution is 9.11. The fourth-order valence-electron chi connectivity index (χ4n) is 0.469. The van der Waals surface area contributed by atoms with E-state index >= 15 is 0 Å². The number of halogens is 1. The number of dihydropyridines is 1. The van der Waals surface area contributed by atoms with Crippen LogP contribution in [0.5, 0.6) is 0 Å². The molecule has 0 aromatic carbocycles. The Balaban J connectivity index is 2.81. The van der Waals surface area contributed by atoms with Gasteiger partial charge in [-0.05, 0) is 28.1 Å². The van der Waals surface area contributed by atoms with Gasteiger partial charge in [-0.2, -0.15) is 0 Å². The van der Waals surface area contributed by atoms with Gasteiger partial charge in [0.25, 0.3) is 0 Å². The summed E-state index contributed by atoms with van der Waals surface area (Å²) >= 11 is 3.21. The molecule has 3 heteroatoms. The molecule has 46 valence electrons. The normalized spacial score (nSPS) is 16.1. The third kappa shape index (κ3) is 1.56. The fourth-order valence-corrected chi connectivity index (χ4v) is 0.716. The highest BCUT2D eigenvalue weighted by Gasteiger charge is 1.95. The summed E-state index contributed by atoms with van der Waals surface area (Å²) in [7, 11) is 0. The second kappa shape index (κ2) is 2.67. The van der Waals surface area contributed by atoms with Gasteiger partial charge in [0, 0.05) is 10.7 Å². The lowest BCUT2D eigenvalue weighted by Crippen LogP contribution is -2.06. The molecular formula is C6H4BrNO. The molecule has 0 aromatic rings. The van der Waals surface area contributed by atoms with Crippen LogP contribution in [-0.4, -0.2) is 5.94 Å². The minimum absolute atomic E-state index is 0.457. The largest absolute Gasteiger partial charge is 0.352 e. The van der Waals surface area contributed by atoms with Crippen molar-refractivity contribution in [3.8, 4) is 0 Å². The first-order chi connectivity index (χ1) is 4.33. The molecular weight excluding hydrogens is 182 g/mol. The van der Waals surface area contributed by atoms with E-state index in [1.165, 1.54) is 0 Å². The quantitative estimate of drug-likeness (QED) is 0.574. The SMILES string of the molecule is O=C=C1C=CC(Br)=CN1. The zero-order chi connectivity index (χ0) is 6.69. The summed E-state index contributed by atoms with van der Waals surface area (Å²) in [5, 5.41) is 2.72. The summed E-state index contributed by atoms with van der Waals surface area (Å²) in [6, 6.07) is 0. The van der Waals surface area contributed by atoms with E-state index in [0.717, 1.165) is 4.48 Å². The van der Waals surface area contributed by atoms with Gasteiger partial charge in [0.2, 0.25) is 0 Å². The van der Waals surface area contributed by atoms with Gasteiger partial charge in [-0.25, -0.2) is 4.79 Å². The predicted octanol–water partition coefficient (Wildman–Crippen LogP) is 1.10. The van der Waals surface area contributed by atoms with Crippen LogP contribution in [0.1, 0.15) is 0 Å². The van der Waals surface area contributed by atoms with Gasteiger partial charge in [-0.3, -0.25) is 0 Å². The van der Waals surface area contributed by atoms with Crippen LogP contribution in [0.4, 0.5) is 0 Å². The molecule has 1 heterocycles. The highest BCUT2D eigenvalue weighted by atomic mass is 79.9. The van der Waals surface area contributed by atoms with Gasteiger partial charge in [-0.15, -0.1) is 0 Å².